The smallest absolute Gasteiger partial charge is 0.113 e. The lowest BCUT2D eigenvalue weighted by molar-refractivity contribution is 0.101. The Labute approximate surface area is 109 Å². The molecule has 2 rings (SSSR count). The molecule has 2 aromatic carbocycles. The molecule has 0 amide bonds. The molecule has 82 valence electrons. The lowest BCUT2D eigenvalue weighted by Gasteiger charge is -2.25. The molecular formula is C14H13IO. The van der Waals surface area contributed by atoms with Crippen LogP contribution in [0.1, 0.15) is 18.1 Å². The molecule has 2 aromatic rings. The van der Waals surface area contributed by atoms with Gasteiger partial charge in [-0.25, -0.2) is 0 Å². The quantitative estimate of drug-likeness (QED) is 0.838. The van der Waals surface area contributed by atoms with Gasteiger partial charge in [-0.15, -0.1) is 0 Å². The number of halogens is 1. The van der Waals surface area contributed by atoms with Crippen LogP contribution < -0.4 is 0 Å². The standard InChI is InChI=1S/C14H13IO/c1-14(16,11-7-3-2-4-8-11)12-9-5-6-10-13(12)15/h2-10,16H,1H3/t14-/m1/s1. The van der Waals surface area contributed by atoms with Crippen molar-refractivity contribution in [1.82, 2.24) is 0 Å². The van der Waals surface area contributed by atoms with E-state index in [-0.39, 0.29) is 0 Å². The fraction of sp³-hybridized carbons (Fsp3) is 0.143. The van der Waals surface area contributed by atoms with E-state index < -0.39 is 5.60 Å². The van der Waals surface area contributed by atoms with Crippen LogP contribution in [0.15, 0.2) is 54.6 Å². The van der Waals surface area contributed by atoms with E-state index in [0.717, 1.165) is 14.7 Å². The second-order valence-corrected chi connectivity index (χ2v) is 5.08. The fourth-order valence-electron chi connectivity index (χ4n) is 1.77. The van der Waals surface area contributed by atoms with Crippen LogP contribution >= 0.6 is 22.6 Å². The number of rotatable bonds is 2. The van der Waals surface area contributed by atoms with Gasteiger partial charge in [0.15, 0.2) is 0 Å². The Kier molecular flexibility index (Phi) is 3.30. The van der Waals surface area contributed by atoms with E-state index >= 15 is 0 Å². The molecule has 0 saturated heterocycles. The van der Waals surface area contributed by atoms with Crippen LogP contribution in [0.4, 0.5) is 0 Å². The van der Waals surface area contributed by atoms with Gasteiger partial charge in [0.2, 0.25) is 0 Å². The summed E-state index contributed by atoms with van der Waals surface area (Å²) in [7, 11) is 0. The van der Waals surface area contributed by atoms with Gasteiger partial charge in [0.1, 0.15) is 5.60 Å². The van der Waals surface area contributed by atoms with E-state index in [1.807, 2.05) is 61.5 Å². The first kappa shape index (κ1) is 11.6. The number of hydrogen-bond donors (Lipinski definition) is 1. The molecule has 0 unspecified atom stereocenters. The molecule has 0 bridgehead atoms. The van der Waals surface area contributed by atoms with Gasteiger partial charge < -0.3 is 5.11 Å². The Bertz CT molecular complexity index is 477. The molecule has 2 heteroatoms. The molecule has 1 N–H and O–H groups in total. The van der Waals surface area contributed by atoms with Crippen LogP contribution in [0.25, 0.3) is 0 Å². The summed E-state index contributed by atoms with van der Waals surface area (Å²) in [6.07, 6.45) is 0. The summed E-state index contributed by atoms with van der Waals surface area (Å²) in [6.45, 7) is 1.83. The molecule has 16 heavy (non-hydrogen) atoms. The van der Waals surface area contributed by atoms with Crippen molar-refractivity contribution in [2.45, 2.75) is 12.5 Å². The van der Waals surface area contributed by atoms with Crippen molar-refractivity contribution < 1.29 is 5.11 Å². The Morgan fingerprint density at radius 1 is 0.938 bits per heavy atom. The van der Waals surface area contributed by atoms with Gasteiger partial charge >= 0.3 is 0 Å². The predicted molar refractivity (Wildman–Crippen MR) is 74.3 cm³/mol. The minimum atomic E-state index is -0.932. The van der Waals surface area contributed by atoms with Gasteiger partial charge in [-0.1, -0.05) is 48.5 Å². The van der Waals surface area contributed by atoms with E-state index in [9.17, 15) is 5.11 Å². The maximum absolute atomic E-state index is 10.6. The molecule has 0 aliphatic heterocycles. The molecule has 0 fully saturated rings. The molecule has 0 saturated carbocycles. The molecule has 0 spiro atoms. The third-order valence-corrected chi connectivity index (χ3v) is 3.67. The Balaban J connectivity index is 2.51. The number of hydrogen-bond acceptors (Lipinski definition) is 1. The van der Waals surface area contributed by atoms with E-state index in [1.165, 1.54) is 0 Å². The molecule has 1 atom stereocenters. The van der Waals surface area contributed by atoms with Crippen LogP contribution in [0.3, 0.4) is 0 Å². The monoisotopic (exact) mass is 324 g/mol. The Morgan fingerprint density at radius 2 is 1.50 bits per heavy atom. The third-order valence-electron chi connectivity index (χ3n) is 2.73. The van der Waals surface area contributed by atoms with Crippen molar-refractivity contribution in [3.05, 3.63) is 69.3 Å². The summed E-state index contributed by atoms with van der Waals surface area (Å²) >= 11 is 2.25. The van der Waals surface area contributed by atoms with Crippen molar-refractivity contribution in [3.63, 3.8) is 0 Å². The second kappa shape index (κ2) is 4.55. The van der Waals surface area contributed by atoms with E-state index in [4.69, 9.17) is 0 Å². The van der Waals surface area contributed by atoms with Gasteiger partial charge in [-0.05, 0) is 41.1 Å². The van der Waals surface area contributed by atoms with Crippen LogP contribution in [-0.4, -0.2) is 5.11 Å². The number of aliphatic hydroxyl groups is 1. The SMILES string of the molecule is C[C@@](O)(c1ccccc1)c1ccccc1I. The van der Waals surface area contributed by atoms with Gasteiger partial charge in [0.25, 0.3) is 0 Å². The normalized spacial score (nSPS) is 14.4. The minimum Gasteiger partial charge on any atom is -0.381 e. The van der Waals surface area contributed by atoms with Gasteiger partial charge in [0, 0.05) is 9.13 Å². The minimum absolute atomic E-state index is 0.916. The maximum Gasteiger partial charge on any atom is 0.113 e. The highest BCUT2D eigenvalue weighted by molar-refractivity contribution is 14.1. The molecule has 0 aliphatic carbocycles. The third kappa shape index (κ3) is 2.13. The molecule has 1 nitrogen and oxygen atoms in total. The summed E-state index contributed by atoms with van der Waals surface area (Å²) in [6, 6.07) is 17.6. The summed E-state index contributed by atoms with van der Waals surface area (Å²) in [5.41, 5.74) is 0.930. The summed E-state index contributed by atoms with van der Waals surface area (Å²) < 4.78 is 1.08. The van der Waals surface area contributed by atoms with Crippen molar-refractivity contribution in [1.29, 1.82) is 0 Å². The van der Waals surface area contributed by atoms with Crippen molar-refractivity contribution in [2.75, 3.05) is 0 Å². The lowest BCUT2D eigenvalue weighted by Crippen LogP contribution is -2.23. The molecule has 0 heterocycles. The summed E-state index contributed by atoms with van der Waals surface area (Å²) in [5.74, 6) is 0. The van der Waals surface area contributed by atoms with Crippen LogP contribution in [0.2, 0.25) is 0 Å². The molecule has 0 aromatic heterocycles. The zero-order valence-corrected chi connectivity index (χ0v) is 11.2. The Morgan fingerprint density at radius 3 is 2.12 bits per heavy atom. The van der Waals surface area contributed by atoms with Crippen molar-refractivity contribution in [3.8, 4) is 0 Å². The highest BCUT2D eigenvalue weighted by Gasteiger charge is 2.26. The van der Waals surface area contributed by atoms with Crippen LogP contribution in [-0.2, 0) is 5.60 Å². The van der Waals surface area contributed by atoms with Crippen molar-refractivity contribution in [2.24, 2.45) is 0 Å². The second-order valence-electron chi connectivity index (χ2n) is 3.92. The van der Waals surface area contributed by atoms with Gasteiger partial charge in [-0.2, -0.15) is 0 Å². The van der Waals surface area contributed by atoms with Gasteiger partial charge in [0.05, 0.1) is 0 Å². The van der Waals surface area contributed by atoms with Crippen LogP contribution in [0.5, 0.6) is 0 Å². The zero-order chi connectivity index (χ0) is 11.6. The largest absolute Gasteiger partial charge is 0.381 e. The highest BCUT2D eigenvalue weighted by Crippen LogP contribution is 2.31. The molecule has 0 aliphatic rings. The average Bonchev–Trinajstić information content (AvgIpc) is 2.30. The van der Waals surface area contributed by atoms with E-state index in [0.29, 0.717) is 0 Å². The van der Waals surface area contributed by atoms with Crippen molar-refractivity contribution >= 4 is 22.6 Å². The summed E-state index contributed by atoms with van der Waals surface area (Å²) in [4.78, 5) is 0. The predicted octanol–water partition coefficient (Wildman–Crippen LogP) is 3.55. The first-order chi connectivity index (χ1) is 7.62. The first-order valence-electron chi connectivity index (χ1n) is 5.15. The first-order valence-corrected chi connectivity index (χ1v) is 6.23. The Hall–Kier alpha value is -0.870. The van der Waals surface area contributed by atoms with E-state index in [1.54, 1.807) is 0 Å². The maximum atomic E-state index is 10.6. The molecule has 0 radical (unpaired) electrons. The number of benzene rings is 2. The molecular weight excluding hydrogens is 311 g/mol. The fourth-order valence-corrected chi connectivity index (χ4v) is 2.69. The highest BCUT2D eigenvalue weighted by atomic mass is 127. The summed E-state index contributed by atoms with van der Waals surface area (Å²) in [5, 5.41) is 10.6. The zero-order valence-electron chi connectivity index (χ0n) is 9.02. The van der Waals surface area contributed by atoms with Crippen LogP contribution in [0, 0.1) is 3.57 Å². The lowest BCUT2D eigenvalue weighted by atomic mass is 9.88. The van der Waals surface area contributed by atoms with E-state index in [2.05, 4.69) is 22.6 Å². The van der Waals surface area contributed by atoms with Gasteiger partial charge in [-0.3, -0.25) is 0 Å². The average molecular weight is 324 g/mol. The topological polar surface area (TPSA) is 20.2 Å².